The number of likely N-dealkylation sites (N-methyl/N-ethyl adjacent to an activating group) is 1. The molecule has 18 heavy (non-hydrogen) atoms. The van der Waals surface area contributed by atoms with Crippen molar-refractivity contribution in [2.45, 2.75) is 31.7 Å². The Hall–Kier alpha value is -1.42. The summed E-state index contributed by atoms with van der Waals surface area (Å²) in [5.74, 6) is 0.235. The van der Waals surface area contributed by atoms with Crippen molar-refractivity contribution in [3.8, 4) is 0 Å². The highest BCUT2D eigenvalue weighted by Gasteiger charge is 2.19. The van der Waals surface area contributed by atoms with Gasteiger partial charge in [0.05, 0.1) is 0 Å². The lowest BCUT2D eigenvalue weighted by Crippen LogP contribution is -2.34. The Morgan fingerprint density at radius 1 is 1.61 bits per heavy atom. The second-order valence-electron chi connectivity index (χ2n) is 4.92. The fourth-order valence-corrected chi connectivity index (χ4v) is 2.27. The number of amides is 1. The lowest BCUT2D eigenvalue weighted by Gasteiger charge is -2.19. The van der Waals surface area contributed by atoms with Gasteiger partial charge in [0.2, 0.25) is 5.91 Å². The Bertz CT molecular complexity index is 374. The van der Waals surface area contributed by atoms with Crippen molar-refractivity contribution in [3.05, 3.63) is 30.1 Å². The summed E-state index contributed by atoms with van der Waals surface area (Å²) in [7, 11) is 1.88. The van der Waals surface area contributed by atoms with Crippen molar-refractivity contribution in [3.63, 3.8) is 0 Å². The van der Waals surface area contributed by atoms with Crippen LogP contribution in [0.2, 0.25) is 0 Å². The average Bonchev–Trinajstić information content (AvgIpc) is 2.90. The maximum atomic E-state index is 12.0. The smallest absolute Gasteiger partial charge is 0.223 e. The van der Waals surface area contributed by atoms with Gasteiger partial charge in [0.25, 0.3) is 0 Å². The van der Waals surface area contributed by atoms with Crippen LogP contribution in [-0.4, -0.2) is 42.0 Å². The molecule has 2 heterocycles. The summed E-state index contributed by atoms with van der Waals surface area (Å²) in [5, 5.41) is 3.36. The second kappa shape index (κ2) is 6.50. The predicted molar refractivity (Wildman–Crippen MR) is 71.2 cm³/mol. The molecule has 1 amide bonds. The average molecular weight is 247 g/mol. The minimum Gasteiger partial charge on any atom is -0.345 e. The summed E-state index contributed by atoms with van der Waals surface area (Å²) in [4.78, 5) is 17.9. The number of carbonyl (C=O) groups excluding carboxylic acids is 1. The van der Waals surface area contributed by atoms with Crippen molar-refractivity contribution >= 4 is 5.91 Å². The van der Waals surface area contributed by atoms with E-state index < -0.39 is 0 Å². The van der Waals surface area contributed by atoms with E-state index in [2.05, 4.69) is 10.3 Å². The SMILES string of the molecule is CN(CCc1cccnc1)C(=O)CC1CCCN1. The number of carbonyl (C=O) groups is 1. The van der Waals surface area contributed by atoms with E-state index in [4.69, 9.17) is 0 Å². The Morgan fingerprint density at radius 2 is 2.50 bits per heavy atom. The van der Waals surface area contributed by atoms with Crippen LogP contribution < -0.4 is 5.32 Å². The first-order valence-electron chi connectivity index (χ1n) is 6.62. The molecular formula is C14H21N3O. The van der Waals surface area contributed by atoms with E-state index in [0.29, 0.717) is 12.5 Å². The minimum atomic E-state index is 0.235. The van der Waals surface area contributed by atoms with Crippen LogP contribution >= 0.6 is 0 Å². The fourth-order valence-electron chi connectivity index (χ4n) is 2.27. The molecule has 0 radical (unpaired) electrons. The van der Waals surface area contributed by atoms with Crippen molar-refractivity contribution in [1.82, 2.24) is 15.2 Å². The Labute approximate surface area is 108 Å². The summed E-state index contributed by atoms with van der Waals surface area (Å²) in [6.45, 7) is 1.81. The van der Waals surface area contributed by atoms with E-state index in [1.807, 2.05) is 30.3 Å². The predicted octanol–water partition coefficient (Wildman–Crippen LogP) is 1.22. The van der Waals surface area contributed by atoms with Crippen LogP contribution in [0.25, 0.3) is 0 Å². The second-order valence-corrected chi connectivity index (χ2v) is 4.92. The molecule has 1 atom stereocenters. The van der Waals surface area contributed by atoms with E-state index in [0.717, 1.165) is 25.9 Å². The van der Waals surface area contributed by atoms with Crippen LogP contribution in [0.1, 0.15) is 24.8 Å². The molecule has 1 aromatic rings. The molecule has 4 heteroatoms. The van der Waals surface area contributed by atoms with Gasteiger partial charge in [0.15, 0.2) is 0 Å². The van der Waals surface area contributed by atoms with E-state index in [-0.39, 0.29) is 5.91 Å². The number of hydrogen-bond acceptors (Lipinski definition) is 3. The fraction of sp³-hybridized carbons (Fsp3) is 0.571. The van der Waals surface area contributed by atoms with E-state index in [1.54, 1.807) is 6.20 Å². The zero-order valence-electron chi connectivity index (χ0n) is 10.9. The summed E-state index contributed by atoms with van der Waals surface area (Å²) in [6, 6.07) is 4.36. The number of nitrogens with zero attached hydrogens (tertiary/aromatic N) is 2. The van der Waals surface area contributed by atoms with Crippen LogP contribution in [0.4, 0.5) is 0 Å². The molecule has 4 nitrogen and oxygen atoms in total. The number of pyridine rings is 1. The van der Waals surface area contributed by atoms with Gasteiger partial charge in [0, 0.05) is 38.4 Å². The third kappa shape index (κ3) is 3.81. The van der Waals surface area contributed by atoms with Crippen molar-refractivity contribution in [2.75, 3.05) is 20.1 Å². The van der Waals surface area contributed by atoms with Gasteiger partial charge in [0.1, 0.15) is 0 Å². The molecule has 0 saturated carbocycles. The monoisotopic (exact) mass is 247 g/mol. The molecule has 1 saturated heterocycles. The molecular weight excluding hydrogens is 226 g/mol. The summed E-state index contributed by atoms with van der Waals surface area (Å²) in [5.41, 5.74) is 1.18. The van der Waals surface area contributed by atoms with Crippen LogP contribution in [0, 0.1) is 0 Å². The van der Waals surface area contributed by atoms with Crippen molar-refractivity contribution < 1.29 is 4.79 Å². The van der Waals surface area contributed by atoms with Crippen LogP contribution in [-0.2, 0) is 11.2 Å². The molecule has 1 aromatic heterocycles. The highest BCUT2D eigenvalue weighted by molar-refractivity contribution is 5.76. The molecule has 0 spiro atoms. The van der Waals surface area contributed by atoms with Gasteiger partial charge >= 0.3 is 0 Å². The molecule has 0 aromatic carbocycles. The Kier molecular flexibility index (Phi) is 4.70. The number of aromatic nitrogens is 1. The molecule has 1 unspecified atom stereocenters. The van der Waals surface area contributed by atoms with E-state index in [9.17, 15) is 4.79 Å². The molecule has 2 rings (SSSR count). The highest BCUT2D eigenvalue weighted by atomic mass is 16.2. The lowest BCUT2D eigenvalue weighted by molar-refractivity contribution is -0.130. The standard InChI is InChI=1S/C14H21N3O/c1-17(9-6-12-4-2-7-15-11-12)14(18)10-13-5-3-8-16-13/h2,4,7,11,13,16H,3,5-6,8-10H2,1H3. The maximum absolute atomic E-state index is 12.0. The topological polar surface area (TPSA) is 45.2 Å². The van der Waals surface area contributed by atoms with Gasteiger partial charge in [-0.05, 0) is 37.4 Å². The Morgan fingerprint density at radius 3 is 3.17 bits per heavy atom. The third-order valence-corrected chi connectivity index (χ3v) is 3.47. The van der Waals surface area contributed by atoms with E-state index >= 15 is 0 Å². The van der Waals surface area contributed by atoms with Crippen LogP contribution in [0.15, 0.2) is 24.5 Å². The van der Waals surface area contributed by atoms with Gasteiger partial charge in [-0.3, -0.25) is 9.78 Å². The first kappa shape index (κ1) is 13.0. The van der Waals surface area contributed by atoms with Gasteiger partial charge in [-0.25, -0.2) is 0 Å². The molecule has 1 N–H and O–H groups in total. The van der Waals surface area contributed by atoms with Crippen LogP contribution in [0.3, 0.4) is 0 Å². The zero-order valence-corrected chi connectivity index (χ0v) is 10.9. The first-order chi connectivity index (χ1) is 8.75. The lowest BCUT2D eigenvalue weighted by atomic mass is 10.1. The Balaban J connectivity index is 1.73. The maximum Gasteiger partial charge on any atom is 0.223 e. The zero-order chi connectivity index (χ0) is 12.8. The van der Waals surface area contributed by atoms with Gasteiger partial charge in [-0.1, -0.05) is 6.07 Å². The number of nitrogens with one attached hydrogen (secondary N) is 1. The largest absolute Gasteiger partial charge is 0.345 e. The molecule has 0 aliphatic carbocycles. The van der Waals surface area contributed by atoms with Crippen molar-refractivity contribution in [2.24, 2.45) is 0 Å². The first-order valence-corrected chi connectivity index (χ1v) is 6.62. The highest BCUT2D eigenvalue weighted by Crippen LogP contribution is 2.10. The number of hydrogen-bond donors (Lipinski definition) is 1. The quantitative estimate of drug-likeness (QED) is 0.851. The third-order valence-electron chi connectivity index (χ3n) is 3.47. The summed E-state index contributed by atoms with van der Waals surface area (Å²) < 4.78 is 0. The van der Waals surface area contributed by atoms with E-state index in [1.165, 1.54) is 12.0 Å². The van der Waals surface area contributed by atoms with Gasteiger partial charge < -0.3 is 10.2 Å². The number of rotatable bonds is 5. The van der Waals surface area contributed by atoms with Crippen LogP contribution in [0.5, 0.6) is 0 Å². The van der Waals surface area contributed by atoms with Crippen molar-refractivity contribution in [1.29, 1.82) is 0 Å². The summed E-state index contributed by atoms with van der Waals surface area (Å²) >= 11 is 0. The molecule has 0 bridgehead atoms. The minimum absolute atomic E-state index is 0.235. The molecule has 98 valence electrons. The molecule has 1 fully saturated rings. The molecule has 1 aliphatic rings. The van der Waals surface area contributed by atoms with Gasteiger partial charge in [-0.2, -0.15) is 0 Å². The normalized spacial score (nSPS) is 18.8. The van der Waals surface area contributed by atoms with Gasteiger partial charge in [-0.15, -0.1) is 0 Å². The molecule has 1 aliphatic heterocycles. The summed E-state index contributed by atoms with van der Waals surface area (Å²) in [6.07, 6.45) is 7.44.